The number of aryl methyl sites for hydroxylation is 1. The molecule has 1 fully saturated rings. The van der Waals surface area contributed by atoms with Gasteiger partial charge in [0.05, 0.1) is 0 Å². The third-order valence-electron chi connectivity index (χ3n) is 3.44. The summed E-state index contributed by atoms with van der Waals surface area (Å²) in [5, 5.41) is 4.31. The fraction of sp³-hybridized carbons (Fsp3) is 0.538. The number of rotatable bonds is 1. The van der Waals surface area contributed by atoms with Crippen LogP contribution in [0.3, 0.4) is 0 Å². The SMILES string of the molecule is Cc1cc(C2CCNCC2)cc(Cl)c1C. The van der Waals surface area contributed by atoms with Crippen molar-refractivity contribution in [3.8, 4) is 0 Å². The average molecular weight is 224 g/mol. The zero-order chi connectivity index (χ0) is 10.8. The zero-order valence-electron chi connectivity index (χ0n) is 9.44. The number of benzene rings is 1. The lowest BCUT2D eigenvalue weighted by atomic mass is 9.88. The van der Waals surface area contributed by atoms with Crippen LogP contribution >= 0.6 is 11.6 Å². The largest absolute Gasteiger partial charge is 0.317 e. The van der Waals surface area contributed by atoms with Gasteiger partial charge in [0.1, 0.15) is 0 Å². The first-order chi connectivity index (χ1) is 7.18. The smallest absolute Gasteiger partial charge is 0.0440 e. The Morgan fingerprint density at radius 1 is 1.20 bits per heavy atom. The fourth-order valence-electron chi connectivity index (χ4n) is 2.23. The molecule has 1 saturated heterocycles. The van der Waals surface area contributed by atoms with E-state index in [0.29, 0.717) is 5.92 Å². The Morgan fingerprint density at radius 2 is 1.87 bits per heavy atom. The van der Waals surface area contributed by atoms with Crippen LogP contribution in [0, 0.1) is 13.8 Å². The molecule has 0 aromatic heterocycles. The van der Waals surface area contributed by atoms with Crippen molar-refractivity contribution in [3.05, 3.63) is 33.8 Å². The van der Waals surface area contributed by atoms with Crippen molar-refractivity contribution in [3.63, 3.8) is 0 Å². The molecule has 2 rings (SSSR count). The van der Waals surface area contributed by atoms with Crippen molar-refractivity contribution in [2.75, 3.05) is 13.1 Å². The highest BCUT2D eigenvalue weighted by molar-refractivity contribution is 6.31. The topological polar surface area (TPSA) is 12.0 Å². The molecule has 1 nitrogen and oxygen atoms in total. The van der Waals surface area contributed by atoms with Crippen LogP contribution in [0.5, 0.6) is 0 Å². The highest BCUT2D eigenvalue weighted by Crippen LogP contribution is 2.30. The first kappa shape index (κ1) is 11.0. The number of piperidine rings is 1. The highest BCUT2D eigenvalue weighted by Gasteiger charge is 2.16. The van der Waals surface area contributed by atoms with E-state index in [9.17, 15) is 0 Å². The van der Waals surface area contributed by atoms with E-state index in [0.717, 1.165) is 18.1 Å². The first-order valence-electron chi connectivity index (χ1n) is 5.66. The summed E-state index contributed by atoms with van der Waals surface area (Å²) >= 11 is 6.22. The van der Waals surface area contributed by atoms with Gasteiger partial charge in [0.15, 0.2) is 0 Å². The summed E-state index contributed by atoms with van der Waals surface area (Å²) in [5.41, 5.74) is 3.95. The minimum atomic E-state index is 0.697. The van der Waals surface area contributed by atoms with Crippen LogP contribution in [0.15, 0.2) is 12.1 Å². The van der Waals surface area contributed by atoms with Gasteiger partial charge in [-0.05, 0) is 68.5 Å². The monoisotopic (exact) mass is 223 g/mol. The second-order valence-corrected chi connectivity index (χ2v) is 4.88. The van der Waals surface area contributed by atoms with E-state index >= 15 is 0 Å². The van der Waals surface area contributed by atoms with Gasteiger partial charge in [-0.1, -0.05) is 17.7 Å². The van der Waals surface area contributed by atoms with Crippen molar-refractivity contribution in [2.24, 2.45) is 0 Å². The molecule has 0 atom stereocenters. The molecule has 1 aromatic rings. The summed E-state index contributed by atoms with van der Waals surface area (Å²) in [6.45, 7) is 6.50. The third-order valence-corrected chi connectivity index (χ3v) is 3.83. The number of hydrogen-bond donors (Lipinski definition) is 1. The number of hydrogen-bond acceptors (Lipinski definition) is 1. The van der Waals surface area contributed by atoms with Gasteiger partial charge in [-0.25, -0.2) is 0 Å². The molecule has 2 heteroatoms. The Balaban J connectivity index is 2.27. The Labute approximate surface area is 96.8 Å². The molecule has 1 aromatic carbocycles. The summed E-state index contributed by atoms with van der Waals surface area (Å²) in [4.78, 5) is 0. The predicted molar refractivity (Wildman–Crippen MR) is 65.8 cm³/mol. The zero-order valence-corrected chi connectivity index (χ0v) is 10.2. The van der Waals surface area contributed by atoms with Crippen LogP contribution in [0.25, 0.3) is 0 Å². The van der Waals surface area contributed by atoms with E-state index in [2.05, 4.69) is 31.3 Å². The summed E-state index contributed by atoms with van der Waals surface area (Å²) in [6, 6.07) is 4.46. The third kappa shape index (κ3) is 2.35. The van der Waals surface area contributed by atoms with Crippen LogP contribution < -0.4 is 5.32 Å². The number of halogens is 1. The Kier molecular flexibility index (Phi) is 3.32. The lowest BCUT2D eigenvalue weighted by molar-refractivity contribution is 0.460. The molecule has 1 aliphatic heterocycles. The van der Waals surface area contributed by atoms with Gasteiger partial charge in [0, 0.05) is 5.02 Å². The molecule has 1 N–H and O–H groups in total. The molecule has 0 bridgehead atoms. The molecule has 0 saturated carbocycles. The van der Waals surface area contributed by atoms with Crippen molar-refractivity contribution in [2.45, 2.75) is 32.6 Å². The Bertz CT molecular complexity index is 331. The Morgan fingerprint density at radius 3 is 2.47 bits per heavy atom. The summed E-state index contributed by atoms with van der Waals surface area (Å²) in [6.07, 6.45) is 2.47. The number of nitrogens with one attached hydrogen (secondary N) is 1. The molecular weight excluding hydrogens is 206 g/mol. The van der Waals surface area contributed by atoms with Gasteiger partial charge in [-0.3, -0.25) is 0 Å². The quantitative estimate of drug-likeness (QED) is 0.770. The standard InChI is InChI=1S/C13H18ClN/c1-9-7-12(8-13(14)10(9)2)11-3-5-15-6-4-11/h7-8,11,15H,3-6H2,1-2H3. The average Bonchev–Trinajstić information content (AvgIpc) is 2.26. The van der Waals surface area contributed by atoms with Crippen LogP contribution in [0.4, 0.5) is 0 Å². The first-order valence-corrected chi connectivity index (χ1v) is 6.03. The molecule has 0 radical (unpaired) electrons. The highest BCUT2D eigenvalue weighted by atomic mass is 35.5. The van der Waals surface area contributed by atoms with Gasteiger partial charge < -0.3 is 5.32 Å². The second kappa shape index (κ2) is 4.54. The maximum Gasteiger partial charge on any atom is 0.0440 e. The van der Waals surface area contributed by atoms with Gasteiger partial charge in [0.25, 0.3) is 0 Å². The van der Waals surface area contributed by atoms with Gasteiger partial charge in [0.2, 0.25) is 0 Å². The molecule has 0 amide bonds. The lowest BCUT2D eigenvalue weighted by Gasteiger charge is -2.24. The van der Waals surface area contributed by atoms with Gasteiger partial charge in [-0.15, -0.1) is 0 Å². The maximum atomic E-state index is 6.22. The summed E-state index contributed by atoms with van der Waals surface area (Å²) < 4.78 is 0. The van der Waals surface area contributed by atoms with Gasteiger partial charge >= 0.3 is 0 Å². The van der Waals surface area contributed by atoms with Crippen molar-refractivity contribution in [1.29, 1.82) is 0 Å². The molecule has 0 unspecified atom stereocenters. The van der Waals surface area contributed by atoms with Gasteiger partial charge in [-0.2, -0.15) is 0 Å². The van der Waals surface area contributed by atoms with Crippen LogP contribution in [0.2, 0.25) is 5.02 Å². The fourth-order valence-corrected chi connectivity index (χ4v) is 2.51. The normalized spacial score (nSPS) is 18.1. The van der Waals surface area contributed by atoms with E-state index in [1.807, 2.05) is 0 Å². The molecular formula is C13H18ClN. The predicted octanol–water partition coefficient (Wildman–Crippen LogP) is 3.42. The van der Waals surface area contributed by atoms with Crippen LogP contribution in [-0.2, 0) is 0 Å². The van der Waals surface area contributed by atoms with Crippen LogP contribution in [-0.4, -0.2) is 13.1 Å². The summed E-state index contributed by atoms with van der Waals surface area (Å²) in [7, 11) is 0. The van der Waals surface area contributed by atoms with E-state index in [4.69, 9.17) is 11.6 Å². The van der Waals surface area contributed by atoms with E-state index < -0.39 is 0 Å². The molecule has 0 aliphatic carbocycles. The molecule has 1 heterocycles. The Hall–Kier alpha value is -0.530. The lowest BCUT2D eigenvalue weighted by Crippen LogP contribution is -2.26. The minimum Gasteiger partial charge on any atom is -0.317 e. The molecule has 1 aliphatic rings. The van der Waals surface area contributed by atoms with Crippen molar-refractivity contribution in [1.82, 2.24) is 5.32 Å². The molecule has 82 valence electrons. The van der Waals surface area contributed by atoms with Crippen LogP contribution in [0.1, 0.15) is 35.4 Å². The second-order valence-electron chi connectivity index (χ2n) is 4.47. The summed E-state index contributed by atoms with van der Waals surface area (Å²) in [5.74, 6) is 0.697. The van der Waals surface area contributed by atoms with E-state index in [-0.39, 0.29) is 0 Å². The molecule has 15 heavy (non-hydrogen) atoms. The molecule has 0 spiro atoms. The van der Waals surface area contributed by atoms with E-state index in [1.165, 1.54) is 29.5 Å². The van der Waals surface area contributed by atoms with Crippen molar-refractivity contribution < 1.29 is 0 Å². The van der Waals surface area contributed by atoms with E-state index in [1.54, 1.807) is 0 Å². The maximum absolute atomic E-state index is 6.22. The van der Waals surface area contributed by atoms with Crippen molar-refractivity contribution >= 4 is 11.6 Å². The minimum absolute atomic E-state index is 0.697.